The minimum atomic E-state index is -0.259. The second-order valence-electron chi connectivity index (χ2n) is 4.62. The van der Waals surface area contributed by atoms with Crippen molar-refractivity contribution in [2.45, 2.75) is 13.8 Å². The van der Waals surface area contributed by atoms with Gasteiger partial charge < -0.3 is 15.8 Å². The summed E-state index contributed by atoms with van der Waals surface area (Å²) < 4.78 is 5.51. The molecule has 0 heterocycles. The molecule has 5 heteroatoms. The highest BCUT2D eigenvalue weighted by atomic mass is 35.5. The maximum absolute atomic E-state index is 12.3. The van der Waals surface area contributed by atoms with Gasteiger partial charge in [0.15, 0.2) is 0 Å². The fraction of sp³-hybridized carbons (Fsp3) is 0.188. The number of nitrogens with one attached hydrogen (secondary N) is 1. The average molecular weight is 305 g/mol. The van der Waals surface area contributed by atoms with Gasteiger partial charge in [0.2, 0.25) is 0 Å². The lowest BCUT2D eigenvalue weighted by Gasteiger charge is -2.12. The van der Waals surface area contributed by atoms with E-state index < -0.39 is 0 Å². The SMILES string of the molecule is CCOc1ccc(C)cc1NC(=O)c1ccc(Cl)c(N)c1. The van der Waals surface area contributed by atoms with Crippen LogP contribution in [0.1, 0.15) is 22.8 Å². The molecular formula is C16H17ClN2O2. The van der Waals surface area contributed by atoms with Crippen molar-refractivity contribution in [1.82, 2.24) is 0 Å². The van der Waals surface area contributed by atoms with E-state index in [9.17, 15) is 4.79 Å². The van der Waals surface area contributed by atoms with Gasteiger partial charge in [-0.3, -0.25) is 4.79 Å². The highest BCUT2D eigenvalue weighted by Crippen LogP contribution is 2.27. The molecule has 0 fully saturated rings. The molecule has 0 aromatic heterocycles. The minimum Gasteiger partial charge on any atom is -0.492 e. The van der Waals surface area contributed by atoms with Crippen LogP contribution in [0.3, 0.4) is 0 Å². The predicted octanol–water partition coefficient (Wildman–Crippen LogP) is 3.88. The molecule has 0 spiro atoms. The van der Waals surface area contributed by atoms with Gasteiger partial charge in [-0.05, 0) is 49.7 Å². The Hall–Kier alpha value is -2.20. The van der Waals surface area contributed by atoms with Crippen LogP contribution in [0.5, 0.6) is 5.75 Å². The Kier molecular flexibility index (Phi) is 4.70. The maximum Gasteiger partial charge on any atom is 0.255 e. The highest BCUT2D eigenvalue weighted by Gasteiger charge is 2.11. The number of carbonyl (C=O) groups excluding carboxylic acids is 1. The zero-order valence-electron chi connectivity index (χ0n) is 11.9. The first-order chi connectivity index (χ1) is 10.0. The Morgan fingerprint density at radius 1 is 1.29 bits per heavy atom. The summed E-state index contributed by atoms with van der Waals surface area (Å²) in [5, 5.41) is 3.26. The quantitative estimate of drug-likeness (QED) is 0.842. The van der Waals surface area contributed by atoms with Crippen LogP contribution in [0, 0.1) is 6.92 Å². The lowest BCUT2D eigenvalue weighted by atomic mass is 10.1. The van der Waals surface area contributed by atoms with Crippen LogP contribution in [0.2, 0.25) is 5.02 Å². The molecule has 110 valence electrons. The molecule has 0 saturated heterocycles. The van der Waals surface area contributed by atoms with E-state index in [1.807, 2.05) is 32.0 Å². The van der Waals surface area contributed by atoms with Crippen molar-refractivity contribution in [3.05, 3.63) is 52.5 Å². The van der Waals surface area contributed by atoms with E-state index in [2.05, 4.69) is 5.32 Å². The van der Waals surface area contributed by atoms with Gasteiger partial charge in [-0.15, -0.1) is 0 Å². The number of nitrogens with two attached hydrogens (primary N) is 1. The molecule has 1 amide bonds. The number of hydrogen-bond donors (Lipinski definition) is 2. The number of halogens is 1. The summed E-state index contributed by atoms with van der Waals surface area (Å²) in [7, 11) is 0. The van der Waals surface area contributed by atoms with E-state index in [0.29, 0.717) is 34.3 Å². The Morgan fingerprint density at radius 3 is 2.71 bits per heavy atom. The third-order valence-corrected chi connectivity index (χ3v) is 3.29. The van der Waals surface area contributed by atoms with Crippen molar-refractivity contribution in [3.8, 4) is 5.75 Å². The van der Waals surface area contributed by atoms with E-state index in [1.165, 1.54) is 0 Å². The van der Waals surface area contributed by atoms with Crippen molar-refractivity contribution in [2.75, 3.05) is 17.7 Å². The van der Waals surface area contributed by atoms with Gasteiger partial charge >= 0.3 is 0 Å². The molecule has 3 N–H and O–H groups in total. The third-order valence-electron chi connectivity index (χ3n) is 2.94. The molecule has 0 aliphatic carbocycles. The Morgan fingerprint density at radius 2 is 2.05 bits per heavy atom. The summed E-state index contributed by atoms with van der Waals surface area (Å²) in [6, 6.07) is 10.4. The summed E-state index contributed by atoms with van der Waals surface area (Å²) in [4.78, 5) is 12.3. The summed E-state index contributed by atoms with van der Waals surface area (Å²) in [5.41, 5.74) is 8.20. The number of nitrogen functional groups attached to an aromatic ring is 1. The van der Waals surface area contributed by atoms with Gasteiger partial charge in [0, 0.05) is 5.56 Å². The summed E-state index contributed by atoms with van der Waals surface area (Å²) >= 11 is 5.86. The first-order valence-corrected chi connectivity index (χ1v) is 6.99. The number of aryl methyl sites for hydroxylation is 1. The lowest BCUT2D eigenvalue weighted by Crippen LogP contribution is -2.13. The smallest absolute Gasteiger partial charge is 0.255 e. The highest BCUT2D eigenvalue weighted by molar-refractivity contribution is 6.33. The van der Waals surface area contributed by atoms with Crippen LogP contribution in [-0.4, -0.2) is 12.5 Å². The third kappa shape index (κ3) is 3.67. The van der Waals surface area contributed by atoms with Crippen LogP contribution >= 0.6 is 11.6 Å². The van der Waals surface area contributed by atoms with Crippen molar-refractivity contribution in [1.29, 1.82) is 0 Å². The van der Waals surface area contributed by atoms with Crippen LogP contribution in [0.15, 0.2) is 36.4 Å². The van der Waals surface area contributed by atoms with Gasteiger partial charge in [-0.2, -0.15) is 0 Å². The molecule has 0 radical (unpaired) electrons. The van der Waals surface area contributed by atoms with E-state index in [0.717, 1.165) is 5.56 Å². The van der Waals surface area contributed by atoms with Crippen molar-refractivity contribution in [3.63, 3.8) is 0 Å². The monoisotopic (exact) mass is 304 g/mol. The normalized spacial score (nSPS) is 10.2. The second kappa shape index (κ2) is 6.50. The zero-order valence-corrected chi connectivity index (χ0v) is 12.7. The molecule has 21 heavy (non-hydrogen) atoms. The number of ether oxygens (including phenoxy) is 1. The molecule has 0 bridgehead atoms. The zero-order chi connectivity index (χ0) is 15.4. The molecule has 0 unspecified atom stereocenters. The van der Waals surface area contributed by atoms with E-state index in [4.69, 9.17) is 22.1 Å². The average Bonchev–Trinajstić information content (AvgIpc) is 2.45. The topological polar surface area (TPSA) is 64.3 Å². The molecule has 0 atom stereocenters. The summed E-state index contributed by atoms with van der Waals surface area (Å²) in [6.45, 7) is 4.37. The van der Waals surface area contributed by atoms with Crippen LogP contribution in [0.4, 0.5) is 11.4 Å². The Bertz CT molecular complexity index is 671. The number of benzene rings is 2. The largest absolute Gasteiger partial charge is 0.492 e. The molecular weight excluding hydrogens is 288 g/mol. The van der Waals surface area contributed by atoms with Gasteiger partial charge in [0.05, 0.1) is 23.0 Å². The van der Waals surface area contributed by atoms with Crippen molar-refractivity contribution < 1.29 is 9.53 Å². The van der Waals surface area contributed by atoms with Crippen LogP contribution in [-0.2, 0) is 0 Å². The number of hydrogen-bond acceptors (Lipinski definition) is 3. The lowest BCUT2D eigenvalue weighted by molar-refractivity contribution is 0.102. The summed E-state index contributed by atoms with van der Waals surface area (Å²) in [5.74, 6) is 0.378. The molecule has 2 aromatic rings. The fourth-order valence-electron chi connectivity index (χ4n) is 1.90. The number of amides is 1. The fourth-order valence-corrected chi connectivity index (χ4v) is 2.02. The molecule has 4 nitrogen and oxygen atoms in total. The van der Waals surface area contributed by atoms with Crippen LogP contribution in [0.25, 0.3) is 0 Å². The molecule has 0 saturated carbocycles. The minimum absolute atomic E-state index is 0.259. The van der Waals surface area contributed by atoms with Gasteiger partial charge in [0.1, 0.15) is 5.75 Å². The van der Waals surface area contributed by atoms with Gasteiger partial charge in [-0.1, -0.05) is 17.7 Å². The first kappa shape index (κ1) is 15.2. The first-order valence-electron chi connectivity index (χ1n) is 6.61. The van der Waals surface area contributed by atoms with Crippen molar-refractivity contribution >= 4 is 28.9 Å². The van der Waals surface area contributed by atoms with Gasteiger partial charge in [-0.25, -0.2) is 0 Å². The number of rotatable bonds is 4. The van der Waals surface area contributed by atoms with E-state index >= 15 is 0 Å². The Labute approximate surface area is 128 Å². The number of anilines is 2. The Balaban J connectivity index is 2.26. The van der Waals surface area contributed by atoms with Gasteiger partial charge in [0.25, 0.3) is 5.91 Å². The predicted molar refractivity (Wildman–Crippen MR) is 86.2 cm³/mol. The van der Waals surface area contributed by atoms with Crippen molar-refractivity contribution in [2.24, 2.45) is 0 Å². The van der Waals surface area contributed by atoms with E-state index in [1.54, 1.807) is 18.2 Å². The summed E-state index contributed by atoms with van der Waals surface area (Å²) in [6.07, 6.45) is 0. The molecule has 0 aliphatic heterocycles. The molecule has 2 aromatic carbocycles. The molecule has 0 aliphatic rings. The van der Waals surface area contributed by atoms with E-state index in [-0.39, 0.29) is 5.91 Å². The van der Waals surface area contributed by atoms with Crippen LogP contribution < -0.4 is 15.8 Å². The number of carbonyl (C=O) groups is 1. The second-order valence-corrected chi connectivity index (χ2v) is 5.03. The molecule has 2 rings (SSSR count). The maximum atomic E-state index is 12.3. The standard InChI is InChI=1S/C16H17ClN2O2/c1-3-21-15-7-4-10(2)8-14(15)19-16(20)11-5-6-12(17)13(18)9-11/h4-9H,3,18H2,1-2H3,(H,19,20).